The number of carbonyl (C=O) groups is 1. The standard InChI is InChI=1S/C23H32N2O5S/c1-7-20(25(31(6,27)28)19-13-16(2)12-17(3)14-19)23(26)24-11-10-18-8-9-21(29-4)22(15-18)30-5/h8-9,12-15,20H,7,10-11H2,1-6H3,(H,24,26). The Morgan fingerprint density at radius 1 is 1.03 bits per heavy atom. The number of sulfonamides is 1. The molecule has 2 aromatic carbocycles. The molecule has 0 fully saturated rings. The van der Waals surface area contributed by atoms with Gasteiger partial charge in [0.25, 0.3) is 0 Å². The van der Waals surface area contributed by atoms with Crippen molar-refractivity contribution in [1.82, 2.24) is 5.32 Å². The van der Waals surface area contributed by atoms with Gasteiger partial charge in [-0.3, -0.25) is 9.10 Å². The zero-order valence-electron chi connectivity index (χ0n) is 19.1. The van der Waals surface area contributed by atoms with Crippen LogP contribution in [-0.4, -0.2) is 47.4 Å². The fourth-order valence-corrected chi connectivity index (χ4v) is 4.82. The summed E-state index contributed by atoms with van der Waals surface area (Å²) >= 11 is 0. The van der Waals surface area contributed by atoms with Crippen LogP contribution >= 0.6 is 0 Å². The average molecular weight is 449 g/mol. The zero-order valence-corrected chi connectivity index (χ0v) is 19.9. The number of carbonyl (C=O) groups excluding carboxylic acids is 1. The maximum atomic E-state index is 13.0. The number of nitrogens with zero attached hydrogens (tertiary/aromatic N) is 1. The summed E-state index contributed by atoms with van der Waals surface area (Å²) in [7, 11) is -0.513. The Bertz CT molecular complexity index is 1000. The van der Waals surface area contributed by atoms with Gasteiger partial charge < -0.3 is 14.8 Å². The SMILES string of the molecule is CCC(C(=O)NCCc1ccc(OC)c(OC)c1)N(c1cc(C)cc(C)c1)S(C)(=O)=O. The maximum Gasteiger partial charge on any atom is 0.243 e. The van der Waals surface area contributed by atoms with Gasteiger partial charge in [0.1, 0.15) is 6.04 Å². The molecule has 2 rings (SSSR count). The number of ether oxygens (including phenoxy) is 2. The molecule has 7 nitrogen and oxygen atoms in total. The normalized spacial score (nSPS) is 12.2. The van der Waals surface area contributed by atoms with Gasteiger partial charge in [0.15, 0.2) is 11.5 Å². The van der Waals surface area contributed by atoms with E-state index in [9.17, 15) is 13.2 Å². The molecule has 0 aliphatic heterocycles. The Morgan fingerprint density at radius 3 is 2.16 bits per heavy atom. The van der Waals surface area contributed by atoms with Crippen LogP contribution < -0.4 is 19.1 Å². The lowest BCUT2D eigenvalue weighted by atomic mass is 10.1. The van der Waals surface area contributed by atoms with Gasteiger partial charge in [0.05, 0.1) is 26.2 Å². The minimum absolute atomic E-state index is 0.326. The Labute approximate surface area is 185 Å². The van der Waals surface area contributed by atoms with Crippen molar-refractivity contribution in [3.8, 4) is 11.5 Å². The van der Waals surface area contributed by atoms with Crippen LogP contribution in [0.1, 0.15) is 30.0 Å². The first-order chi connectivity index (χ1) is 14.6. The van der Waals surface area contributed by atoms with Crippen molar-refractivity contribution in [2.45, 2.75) is 39.7 Å². The number of methoxy groups -OCH3 is 2. The largest absolute Gasteiger partial charge is 0.493 e. The molecule has 1 N–H and O–H groups in total. The Balaban J connectivity index is 2.17. The lowest BCUT2D eigenvalue weighted by Gasteiger charge is -2.30. The van der Waals surface area contributed by atoms with Crippen LogP contribution in [0, 0.1) is 13.8 Å². The summed E-state index contributed by atoms with van der Waals surface area (Å²) in [6.07, 6.45) is 2.05. The van der Waals surface area contributed by atoms with Gasteiger partial charge in [0, 0.05) is 6.54 Å². The maximum absolute atomic E-state index is 13.0. The molecule has 0 aliphatic rings. The van der Waals surface area contributed by atoms with Crippen molar-refractivity contribution >= 4 is 21.6 Å². The summed E-state index contributed by atoms with van der Waals surface area (Å²) in [6.45, 7) is 5.98. The smallest absolute Gasteiger partial charge is 0.243 e. The van der Waals surface area contributed by atoms with E-state index >= 15 is 0 Å². The molecule has 31 heavy (non-hydrogen) atoms. The van der Waals surface area contributed by atoms with Crippen LogP contribution in [0.5, 0.6) is 11.5 Å². The number of benzene rings is 2. The summed E-state index contributed by atoms with van der Waals surface area (Å²) in [5.41, 5.74) is 3.35. The van der Waals surface area contributed by atoms with Crippen LogP contribution in [0.25, 0.3) is 0 Å². The van der Waals surface area contributed by atoms with Gasteiger partial charge in [-0.1, -0.05) is 19.1 Å². The summed E-state index contributed by atoms with van der Waals surface area (Å²) in [6, 6.07) is 10.3. The number of hydrogen-bond donors (Lipinski definition) is 1. The predicted molar refractivity (Wildman–Crippen MR) is 124 cm³/mol. The third-order valence-corrected chi connectivity index (χ3v) is 6.13. The van der Waals surface area contributed by atoms with E-state index in [-0.39, 0.29) is 5.91 Å². The third kappa shape index (κ3) is 6.37. The second-order valence-electron chi connectivity index (χ2n) is 7.56. The first kappa shape index (κ1) is 24.5. The zero-order chi connectivity index (χ0) is 23.2. The van der Waals surface area contributed by atoms with Crippen molar-refractivity contribution in [3.05, 3.63) is 53.1 Å². The fraction of sp³-hybridized carbons (Fsp3) is 0.435. The van der Waals surface area contributed by atoms with Crippen LogP contribution in [0.4, 0.5) is 5.69 Å². The number of aryl methyl sites for hydroxylation is 2. The van der Waals surface area contributed by atoms with Crippen LogP contribution in [0.3, 0.4) is 0 Å². The van der Waals surface area contributed by atoms with Crippen LogP contribution in [0.2, 0.25) is 0 Å². The molecule has 0 radical (unpaired) electrons. The third-order valence-electron chi connectivity index (χ3n) is 4.95. The molecular formula is C23H32N2O5S. The van der Waals surface area contributed by atoms with E-state index in [0.717, 1.165) is 22.9 Å². The molecular weight excluding hydrogens is 416 g/mol. The molecule has 0 saturated heterocycles. The minimum Gasteiger partial charge on any atom is -0.493 e. The molecule has 8 heteroatoms. The lowest BCUT2D eigenvalue weighted by Crippen LogP contribution is -2.49. The highest BCUT2D eigenvalue weighted by Crippen LogP contribution is 2.28. The number of anilines is 1. The van der Waals surface area contributed by atoms with Crippen molar-refractivity contribution in [1.29, 1.82) is 0 Å². The van der Waals surface area contributed by atoms with Gasteiger partial charge in [-0.05, 0) is 67.6 Å². The fourth-order valence-electron chi connectivity index (χ4n) is 3.62. The topological polar surface area (TPSA) is 84.9 Å². The second-order valence-corrected chi connectivity index (χ2v) is 9.42. The molecule has 1 unspecified atom stereocenters. The number of rotatable bonds is 10. The molecule has 0 aliphatic carbocycles. The first-order valence-corrected chi connectivity index (χ1v) is 12.0. The molecule has 2 aromatic rings. The Morgan fingerprint density at radius 2 is 1.65 bits per heavy atom. The van der Waals surface area contributed by atoms with E-state index in [1.165, 1.54) is 4.31 Å². The molecule has 0 bridgehead atoms. The summed E-state index contributed by atoms with van der Waals surface area (Å²) in [5, 5.41) is 2.88. The first-order valence-electron chi connectivity index (χ1n) is 10.2. The number of nitrogens with one attached hydrogen (secondary N) is 1. The van der Waals surface area contributed by atoms with E-state index in [2.05, 4.69) is 5.32 Å². The van der Waals surface area contributed by atoms with Gasteiger partial charge in [-0.25, -0.2) is 8.42 Å². The van der Waals surface area contributed by atoms with Crippen molar-refractivity contribution in [3.63, 3.8) is 0 Å². The number of hydrogen-bond acceptors (Lipinski definition) is 5. The quantitative estimate of drug-likeness (QED) is 0.603. The Hall–Kier alpha value is -2.74. The monoisotopic (exact) mass is 448 g/mol. The van der Waals surface area contributed by atoms with Gasteiger partial charge in [-0.2, -0.15) is 0 Å². The van der Waals surface area contributed by atoms with E-state index in [1.807, 2.05) is 38.1 Å². The molecule has 1 amide bonds. The van der Waals surface area contributed by atoms with Gasteiger partial charge in [0.2, 0.25) is 15.9 Å². The van der Waals surface area contributed by atoms with Crippen molar-refractivity contribution in [2.24, 2.45) is 0 Å². The summed E-state index contributed by atoms with van der Waals surface area (Å²) in [5.74, 6) is 0.932. The molecule has 1 atom stereocenters. The minimum atomic E-state index is -3.66. The molecule has 0 aromatic heterocycles. The van der Waals surface area contributed by atoms with Crippen molar-refractivity contribution < 1.29 is 22.7 Å². The highest BCUT2D eigenvalue weighted by Gasteiger charge is 2.31. The van der Waals surface area contributed by atoms with Gasteiger partial charge >= 0.3 is 0 Å². The molecule has 0 heterocycles. The van der Waals surface area contributed by atoms with E-state index in [1.54, 1.807) is 33.3 Å². The van der Waals surface area contributed by atoms with Crippen molar-refractivity contribution in [2.75, 3.05) is 31.3 Å². The Kier molecular flexibility index (Phi) is 8.33. The van der Waals surface area contributed by atoms with Gasteiger partial charge in [-0.15, -0.1) is 0 Å². The highest BCUT2D eigenvalue weighted by molar-refractivity contribution is 7.92. The van der Waals surface area contributed by atoms with E-state index in [4.69, 9.17) is 9.47 Å². The predicted octanol–water partition coefficient (Wildman–Crippen LogP) is 3.22. The molecule has 0 spiro atoms. The summed E-state index contributed by atoms with van der Waals surface area (Å²) < 4.78 is 37.0. The average Bonchev–Trinajstić information content (AvgIpc) is 2.69. The molecule has 0 saturated carbocycles. The molecule has 170 valence electrons. The highest BCUT2D eigenvalue weighted by atomic mass is 32.2. The second kappa shape index (κ2) is 10.5. The lowest BCUT2D eigenvalue weighted by molar-refractivity contribution is -0.122. The van der Waals surface area contributed by atoms with E-state index in [0.29, 0.717) is 36.6 Å². The number of amides is 1. The van der Waals surface area contributed by atoms with E-state index < -0.39 is 16.1 Å². The summed E-state index contributed by atoms with van der Waals surface area (Å²) in [4.78, 5) is 13.0. The van der Waals surface area contributed by atoms with Crippen LogP contribution in [-0.2, 0) is 21.2 Å². The van der Waals surface area contributed by atoms with Crippen LogP contribution in [0.15, 0.2) is 36.4 Å².